The van der Waals surface area contributed by atoms with Crippen molar-refractivity contribution in [1.29, 1.82) is 0 Å². The fraction of sp³-hybridized carbons (Fsp3) is 0.857. The average molecular weight is 347 g/mol. The molecule has 4 heteroatoms. The molecule has 4 nitrogen and oxygen atoms in total. The van der Waals surface area contributed by atoms with Crippen molar-refractivity contribution < 1.29 is 14.4 Å². The molecule has 25 heavy (non-hydrogen) atoms. The minimum atomic E-state index is 0.117. The highest BCUT2D eigenvalue weighted by Gasteiger charge is 2.31. The van der Waals surface area contributed by atoms with Crippen molar-refractivity contribution >= 4 is 17.3 Å². The summed E-state index contributed by atoms with van der Waals surface area (Å²) in [5.41, 5.74) is 0. The molecule has 3 rings (SSSR count). The molecule has 3 fully saturated rings. The Morgan fingerprint density at radius 2 is 0.880 bits per heavy atom. The molecule has 0 heterocycles. The second-order valence-electron chi connectivity index (χ2n) is 8.45. The summed E-state index contributed by atoms with van der Waals surface area (Å²) in [7, 11) is 0. The van der Waals surface area contributed by atoms with E-state index in [4.69, 9.17) is 0 Å². The van der Waals surface area contributed by atoms with Gasteiger partial charge in [0.1, 0.15) is 17.3 Å². The lowest BCUT2D eigenvalue weighted by Gasteiger charge is -2.35. The van der Waals surface area contributed by atoms with Crippen LogP contribution in [-0.4, -0.2) is 41.9 Å². The maximum absolute atomic E-state index is 12.3. The summed E-state index contributed by atoms with van der Waals surface area (Å²) in [6.07, 6.45) is 11.5. The summed E-state index contributed by atoms with van der Waals surface area (Å²) in [5.74, 6) is 1.52. The minimum absolute atomic E-state index is 0.117. The van der Waals surface area contributed by atoms with Gasteiger partial charge in [-0.3, -0.25) is 14.4 Å². The highest BCUT2D eigenvalue weighted by atomic mass is 16.1. The average Bonchev–Trinajstić information content (AvgIpc) is 2.61. The van der Waals surface area contributed by atoms with Crippen molar-refractivity contribution in [2.24, 2.45) is 17.8 Å². The predicted octanol–water partition coefficient (Wildman–Crippen LogP) is 3.57. The number of nitrogens with zero attached hydrogens (tertiary/aromatic N) is 1. The van der Waals surface area contributed by atoms with Crippen LogP contribution in [0, 0.1) is 17.8 Å². The summed E-state index contributed by atoms with van der Waals surface area (Å²) >= 11 is 0. The molecule has 0 bridgehead atoms. The van der Waals surface area contributed by atoms with Gasteiger partial charge in [0.15, 0.2) is 0 Å². The van der Waals surface area contributed by atoms with Crippen molar-refractivity contribution in [2.75, 3.05) is 19.6 Å². The van der Waals surface area contributed by atoms with E-state index in [1.807, 2.05) is 0 Å². The first kappa shape index (κ1) is 18.8. The first-order chi connectivity index (χ1) is 12.1. The summed E-state index contributed by atoms with van der Waals surface area (Å²) in [5, 5.41) is 0. The molecule has 0 amide bonds. The third kappa shape index (κ3) is 5.22. The number of carbonyl (C=O) groups is 3. The summed E-state index contributed by atoms with van der Waals surface area (Å²) in [6.45, 7) is 2.27. The Morgan fingerprint density at radius 3 is 1.16 bits per heavy atom. The molecule has 0 aromatic rings. The van der Waals surface area contributed by atoms with Crippen molar-refractivity contribution in [3.05, 3.63) is 0 Å². The molecule has 0 radical (unpaired) electrons. The Hall–Kier alpha value is -1.03. The highest BCUT2D eigenvalue weighted by Crippen LogP contribution is 2.27. The minimum Gasteiger partial charge on any atom is -0.301 e. The highest BCUT2D eigenvalue weighted by molar-refractivity contribution is 5.83. The fourth-order valence-electron chi connectivity index (χ4n) is 4.90. The van der Waals surface area contributed by atoms with Crippen LogP contribution < -0.4 is 0 Å². The zero-order valence-electron chi connectivity index (χ0n) is 15.5. The fourth-order valence-corrected chi connectivity index (χ4v) is 4.90. The zero-order chi connectivity index (χ0) is 17.6. The Morgan fingerprint density at radius 1 is 0.560 bits per heavy atom. The van der Waals surface area contributed by atoms with E-state index in [2.05, 4.69) is 4.90 Å². The van der Waals surface area contributed by atoms with Gasteiger partial charge in [0, 0.05) is 56.7 Å². The molecule has 0 aromatic heterocycles. The van der Waals surface area contributed by atoms with Crippen LogP contribution in [0.15, 0.2) is 0 Å². The standard InChI is InChI=1S/C21H33NO3/c23-19-10-4-1-7-16(19)13-22(14-17-8-2-5-11-20(17)24)15-18-9-3-6-12-21(18)25/h16-18H,1-15H2. The van der Waals surface area contributed by atoms with E-state index < -0.39 is 0 Å². The Balaban J connectivity index is 1.64. The van der Waals surface area contributed by atoms with E-state index in [1.165, 1.54) is 0 Å². The van der Waals surface area contributed by atoms with E-state index >= 15 is 0 Å². The van der Waals surface area contributed by atoms with Crippen LogP contribution in [-0.2, 0) is 14.4 Å². The van der Waals surface area contributed by atoms with E-state index in [-0.39, 0.29) is 17.8 Å². The molecule has 3 saturated carbocycles. The van der Waals surface area contributed by atoms with Crippen LogP contribution in [0.2, 0.25) is 0 Å². The van der Waals surface area contributed by atoms with Crippen LogP contribution in [0.5, 0.6) is 0 Å². The van der Waals surface area contributed by atoms with Gasteiger partial charge in [-0.2, -0.15) is 0 Å². The molecule has 3 aliphatic rings. The first-order valence-corrected chi connectivity index (χ1v) is 10.4. The lowest BCUT2D eigenvalue weighted by Crippen LogP contribution is -2.44. The monoisotopic (exact) mass is 347 g/mol. The topological polar surface area (TPSA) is 54.5 Å². The first-order valence-electron chi connectivity index (χ1n) is 10.4. The second-order valence-corrected chi connectivity index (χ2v) is 8.45. The van der Waals surface area contributed by atoms with Crippen LogP contribution in [0.4, 0.5) is 0 Å². The molecule has 140 valence electrons. The van der Waals surface area contributed by atoms with E-state index in [0.29, 0.717) is 36.6 Å². The molecule has 0 aromatic carbocycles. The van der Waals surface area contributed by atoms with E-state index in [1.54, 1.807) is 0 Å². The number of hydrogen-bond donors (Lipinski definition) is 0. The number of hydrogen-bond acceptors (Lipinski definition) is 4. The molecule has 3 unspecified atom stereocenters. The number of carbonyl (C=O) groups excluding carboxylic acids is 3. The number of Topliss-reactive ketones (excluding diaryl/α,β-unsaturated/α-hetero) is 3. The van der Waals surface area contributed by atoms with Crippen LogP contribution in [0.3, 0.4) is 0 Å². The predicted molar refractivity (Wildman–Crippen MR) is 97.3 cm³/mol. The van der Waals surface area contributed by atoms with Gasteiger partial charge in [0.25, 0.3) is 0 Å². The molecule has 3 atom stereocenters. The SMILES string of the molecule is O=C1CCCCC1CN(CC1CCCCC1=O)CC1CCCCC1=O. The lowest BCUT2D eigenvalue weighted by atomic mass is 9.84. The number of ketones is 3. The Kier molecular flexibility index (Phi) is 6.80. The summed E-state index contributed by atoms with van der Waals surface area (Å²) in [4.78, 5) is 39.2. The van der Waals surface area contributed by atoms with E-state index in [9.17, 15) is 14.4 Å². The van der Waals surface area contributed by atoms with Crippen molar-refractivity contribution in [1.82, 2.24) is 4.90 Å². The summed E-state index contributed by atoms with van der Waals surface area (Å²) < 4.78 is 0. The maximum Gasteiger partial charge on any atom is 0.137 e. The Bertz CT molecular complexity index is 430. The van der Waals surface area contributed by atoms with Gasteiger partial charge in [0.05, 0.1) is 0 Å². The third-order valence-corrected chi connectivity index (χ3v) is 6.48. The van der Waals surface area contributed by atoms with Crippen LogP contribution >= 0.6 is 0 Å². The lowest BCUT2D eigenvalue weighted by molar-refractivity contribution is -0.127. The van der Waals surface area contributed by atoms with Crippen LogP contribution in [0.25, 0.3) is 0 Å². The molecular weight excluding hydrogens is 314 g/mol. The maximum atomic E-state index is 12.3. The van der Waals surface area contributed by atoms with Crippen molar-refractivity contribution in [3.63, 3.8) is 0 Å². The third-order valence-electron chi connectivity index (χ3n) is 6.48. The molecular formula is C21H33NO3. The van der Waals surface area contributed by atoms with Crippen molar-refractivity contribution in [2.45, 2.75) is 77.0 Å². The molecule has 0 N–H and O–H groups in total. The van der Waals surface area contributed by atoms with Gasteiger partial charge in [0.2, 0.25) is 0 Å². The second kappa shape index (κ2) is 9.07. The zero-order valence-corrected chi connectivity index (χ0v) is 15.5. The van der Waals surface area contributed by atoms with Gasteiger partial charge in [-0.1, -0.05) is 19.3 Å². The Labute approximate surface area is 151 Å². The van der Waals surface area contributed by atoms with Crippen molar-refractivity contribution in [3.8, 4) is 0 Å². The van der Waals surface area contributed by atoms with Gasteiger partial charge >= 0.3 is 0 Å². The molecule has 0 saturated heterocycles. The van der Waals surface area contributed by atoms with Gasteiger partial charge in [-0.15, -0.1) is 0 Å². The van der Waals surface area contributed by atoms with E-state index in [0.717, 1.165) is 77.4 Å². The summed E-state index contributed by atoms with van der Waals surface area (Å²) in [6, 6.07) is 0. The van der Waals surface area contributed by atoms with Gasteiger partial charge in [-0.25, -0.2) is 0 Å². The van der Waals surface area contributed by atoms with Gasteiger partial charge in [-0.05, 0) is 38.5 Å². The van der Waals surface area contributed by atoms with Crippen LogP contribution in [0.1, 0.15) is 77.0 Å². The normalized spacial score (nSPS) is 31.6. The molecule has 3 aliphatic carbocycles. The molecule has 0 spiro atoms. The largest absolute Gasteiger partial charge is 0.301 e. The smallest absolute Gasteiger partial charge is 0.137 e. The number of rotatable bonds is 6. The quantitative estimate of drug-likeness (QED) is 0.737. The van der Waals surface area contributed by atoms with Gasteiger partial charge < -0.3 is 4.90 Å². The molecule has 0 aliphatic heterocycles.